The molecule has 1 unspecified atom stereocenters. The summed E-state index contributed by atoms with van der Waals surface area (Å²) in [6, 6.07) is 0. The highest BCUT2D eigenvalue weighted by Gasteiger charge is 2.20. The lowest BCUT2D eigenvalue weighted by Gasteiger charge is -2.17. The van der Waals surface area contributed by atoms with Gasteiger partial charge in [0.2, 0.25) is 0 Å². The molecule has 0 heterocycles. The largest absolute Gasteiger partial charge is 0.0880 e. The molecule has 0 heteroatoms. The molecule has 0 N–H and O–H groups in total. The number of rotatable bonds is 1. The van der Waals surface area contributed by atoms with Crippen molar-refractivity contribution in [2.75, 3.05) is 0 Å². The topological polar surface area (TPSA) is 0 Å². The van der Waals surface area contributed by atoms with Crippen LogP contribution in [-0.4, -0.2) is 0 Å². The molecular weight excluding hydrogens is 96.1 g/mol. The molecule has 0 bridgehead atoms. The zero-order valence-corrected chi connectivity index (χ0v) is 5.78. The first-order chi connectivity index (χ1) is 3.77. The van der Waals surface area contributed by atoms with Gasteiger partial charge in [-0.3, -0.25) is 0 Å². The fourth-order valence-corrected chi connectivity index (χ4v) is 1.16. The fourth-order valence-electron chi connectivity index (χ4n) is 1.16. The zero-order chi connectivity index (χ0) is 6.04. The van der Waals surface area contributed by atoms with Gasteiger partial charge in [0.15, 0.2) is 0 Å². The third-order valence-electron chi connectivity index (χ3n) is 2.21. The minimum Gasteiger partial charge on any atom is -0.0880 e. The van der Waals surface area contributed by atoms with Crippen molar-refractivity contribution in [1.82, 2.24) is 0 Å². The summed E-state index contributed by atoms with van der Waals surface area (Å²) in [6.07, 6.45) is 8.60. The molecule has 0 aromatic heterocycles. The molecule has 0 aromatic rings. The quantitative estimate of drug-likeness (QED) is 0.455. The normalized spacial score (nSPS) is 36.2. The zero-order valence-electron chi connectivity index (χ0n) is 5.78. The monoisotopic (exact) mass is 110 g/mol. The average Bonchev–Trinajstić information content (AvgIpc) is 2.17. The summed E-state index contributed by atoms with van der Waals surface area (Å²) >= 11 is 0. The number of hydrogen-bond donors (Lipinski definition) is 0. The lowest BCUT2D eigenvalue weighted by molar-refractivity contribution is 0.404. The van der Waals surface area contributed by atoms with Gasteiger partial charge in [0.1, 0.15) is 0 Å². The predicted molar refractivity (Wildman–Crippen MR) is 36.8 cm³/mol. The second kappa shape index (κ2) is 1.93. The summed E-state index contributed by atoms with van der Waals surface area (Å²) in [7, 11) is 0. The highest BCUT2D eigenvalue weighted by molar-refractivity contribution is 5.03. The highest BCUT2D eigenvalue weighted by Crippen LogP contribution is 2.33. The molecule has 8 heavy (non-hydrogen) atoms. The van der Waals surface area contributed by atoms with Crippen LogP contribution in [0, 0.1) is 5.41 Å². The highest BCUT2D eigenvalue weighted by atomic mass is 14.2. The van der Waals surface area contributed by atoms with Crippen molar-refractivity contribution in [3.05, 3.63) is 12.2 Å². The Labute approximate surface area is 51.6 Å². The van der Waals surface area contributed by atoms with Crippen LogP contribution >= 0.6 is 0 Å². The Kier molecular flexibility index (Phi) is 1.41. The molecule has 1 aliphatic carbocycles. The van der Waals surface area contributed by atoms with Gasteiger partial charge in [-0.15, -0.1) is 0 Å². The van der Waals surface area contributed by atoms with Gasteiger partial charge in [-0.25, -0.2) is 0 Å². The Balaban J connectivity index is 2.54. The number of hydrogen-bond acceptors (Lipinski definition) is 0. The van der Waals surface area contributed by atoms with Crippen LogP contribution < -0.4 is 0 Å². The van der Waals surface area contributed by atoms with Crippen molar-refractivity contribution in [3.63, 3.8) is 0 Å². The van der Waals surface area contributed by atoms with Crippen LogP contribution in [0.15, 0.2) is 12.2 Å². The van der Waals surface area contributed by atoms with Crippen LogP contribution in [0.2, 0.25) is 0 Å². The number of allylic oxidation sites excluding steroid dienone is 2. The first-order valence-electron chi connectivity index (χ1n) is 3.44. The lowest BCUT2D eigenvalue weighted by atomic mass is 9.88. The molecule has 0 nitrogen and oxygen atoms in total. The summed E-state index contributed by atoms with van der Waals surface area (Å²) in [5.41, 5.74) is 0.556. The van der Waals surface area contributed by atoms with E-state index < -0.39 is 0 Å². The van der Waals surface area contributed by atoms with Gasteiger partial charge in [-0.2, -0.15) is 0 Å². The molecule has 0 saturated heterocycles. The van der Waals surface area contributed by atoms with Gasteiger partial charge >= 0.3 is 0 Å². The van der Waals surface area contributed by atoms with E-state index in [1.165, 1.54) is 19.3 Å². The van der Waals surface area contributed by atoms with Crippen molar-refractivity contribution >= 4 is 0 Å². The third-order valence-corrected chi connectivity index (χ3v) is 2.21. The van der Waals surface area contributed by atoms with Crippen LogP contribution in [0.1, 0.15) is 33.1 Å². The first-order valence-corrected chi connectivity index (χ1v) is 3.44. The van der Waals surface area contributed by atoms with Gasteiger partial charge in [0.25, 0.3) is 0 Å². The van der Waals surface area contributed by atoms with Gasteiger partial charge in [-0.05, 0) is 24.7 Å². The van der Waals surface area contributed by atoms with E-state index in [4.69, 9.17) is 0 Å². The fraction of sp³-hybridized carbons (Fsp3) is 0.750. The second-order valence-electron chi connectivity index (χ2n) is 2.95. The van der Waals surface area contributed by atoms with E-state index >= 15 is 0 Å². The second-order valence-corrected chi connectivity index (χ2v) is 2.95. The molecule has 0 aliphatic heterocycles. The van der Waals surface area contributed by atoms with E-state index in [9.17, 15) is 0 Å². The first kappa shape index (κ1) is 5.87. The summed E-state index contributed by atoms with van der Waals surface area (Å²) in [6.45, 7) is 4.59. The Morgan fingerprint density at radius 2 is 2.38 bits per heavy atom. The van der Waals surface area contributed by atoms with Crippen LogP contribution in [0.4, 0.5) is 0 Å². The molecule has 1 rings (SSSR count). The standard InChI is InChI=1S/C8H14/c1-3-8(2)6-4-5-7-8/h4,6H,3,5,7H2,1-2H3. The van der Waals surface area contributed by atoms with Crippen LogP contribution in [0.5, 0.6) is 0 Å². The summed E-state index contributed by atoms with van der Waals surface area (Å²) in [5, 5.41) is 0. The van der Waals surface area contributed by atoms with E-state index in [0.29, 0.717) is 5.41 Å². The maximum atomic E-state index is 2.35. The van der Waals surface area contributed by atoms with Crippen molar-refractivity contribution in [2.24, 2.45) is 5.41 Å². The molecule has 0 radical (unpaired) electrons. The molecule has 0 fully saturated rings. The van der Waals surface area contributed by atoms with Crippen molar-refractivity contribution < 1.29 is 0 Å². The Bertz CT molecular complexity index is 103. The van der Waals surface area contributed by atoms with Gasteiger partial charge in [0, 0.05) is 0 Å². The Morgan fingerprint density at radius 1 is 1.62 bits per heavy atom. The lowest BCUT2D eigenvalue weighted by Crippen LogP contribution is -2.05. The van der Waals surface area contributed by atoms with E-state index in [1.54, 1.807) is 0 Å². The molecule has 0 spiro atoms. The van der Waals surface area contributed by atoms with Crippen molar-refractivity contribution in [1.29, 1.82) is 0 Å². The van der Waals surface area contributed by atoms with E-state index in [-0.39, 0.29) is 0 Å². The molecule has 1 atom stereocenters. The van der Waals surface area contributed by atoms with E-state index in [2.05, 4.69) is 26.0 Å². The third kappa shape index (κ3) is 0.936. The smallest absolute Gasteiger partial charge is 0.0146 e. The van der Waals surface area contributed by atoms with Gasteiger partial charge < -0.3 is 0 Å². The maximum Gasteiger partial charge on any atom is -0.0146 e. The summed E-state index contributed by atoms with van der Waals surface area (Å²) < 4.78 is 0. The Hall–Kier alpha value is -0.260. The predicted octanol–water partition coefficient (Wildman–Crippen LogP) is 2.75. The van der Waals surface area contributed by atoms with E-state index in [1.807, 2.05) is 0 Å². The van der Waals surface area contributed by atoms with Gasteiger partial charge in [-0.1, -0.05) is 26.0 Å². The molecule has 0 amide bonds. The molecule has 1 aliphatic rings. The van der Waals surface area contributed by atoms with E-state index in [0.717, 1.165) is 0 Å². The van der Waals surface area contributed by atoms with Crippen molar-refractivity contribution in [2.45, 2.75) is 33.1 Å². The van der Waals surface area contributed by atoms with Gasteiger partial charge in [0.05, 0.1) is 0 Å². The van der Waals surface area contributed by atoms with Crippen LogP contribution in [-0.2, 0) is 0 Å². The minimum absolute atomic E-state index is 0.556. The molecule has 0 aromatic carbocycles. The summed E-state index contributed by atoms with van der Waals surface area (Å²) in [5.74, 6) is 0. The molecule has 46 valence electrons. The van der Waals surface area contributed by atoms with Crippen LogP contribution in [0.25, 0.3) is 0 Å². The maximum absolute atomic E-state index is 2.35. The SMILES string of the molecule is CCC1(C)C=CCC1. The molecule has 0 saturated carbocycles. The minimum atomic E-state index is 0.556. The van der Waals surface area contributed by atoms with Crippen molar-refractivity contribution in [3.8, 4) is 0 Å². The molecular formula is C8H14. The van der Waals surface area contributed by atoms with Crippen LogP contribution in [0.3, 0.4) is 0 Å². The summed E-state index contributed by atoms with van der Waals surface area (Å²) in [4.78, 5) is 0. The Morgan fingerprint density at radius 3 is 2.62 bits per heavy atom. The average molecular weight is 110 g/mol.